The quantitative estimate of drug-likeness (QED) is 0.177. The van der Waals surface area contributed by atoms with Crippen LogP contribution in [0.3, 0.4) is 0 Å². The van der Waals surface area contributed by atoms with Crippen molar-refractivity contribution >= 4 is 10.8 Å². The molecule has 242 valence electrons. The number of rotatable bonds is 6. The Morgan fingerprint density at radius 1 is 0.250 bits per heavy atom. The minimum atomic E-state index is 0.698. The molecule has 0 amide bonds. The Bertz CT molecular complexity index is 2750. The van der Waals surface area contributed by atoms with E-state index >= 15 is 0 Å². The van der Waals surface area contributed by atoms with Crippen molar-refractivity contribution in [3.05, 3.63) is 194 Å². The standard InChI is InChI=1S/C50H32N2/c1-3-15-33(16-4-1)35-19-13-20-36(31-35)50-51-47(34-17-5-2-6-18-34)32-48(52-50)43-26-12-11-23-39(43)37-21-7-8-22-38(37)42-29-30-46-41-25-10-9-24-40(41)44-27-14-28-45(42)49(44)46/h1-32H. The molecule has 8 aromatic carbocycles. The summed E-state index contributed by atoms with van der Waals surface area (Å²) < 4.78 is 0. The molecule has 1 aliphatic rings. The highest BCUT2D eigenvalue weighted by Gasteiger charge is 2.23. The number of nitrogens with zero attached hydrogens (tertiary/aromatic N) is 2. The molecule has 1 aromatic heterocycles. The third-order valence-electron chi connectivity index (χ3n) is 10.3. The molecule has 52 heavy (non-hydrogen) atoms. The highest BCUT2D eigenvalue weighted by molar-refractivity contribution is 6.19. The molecule has 0 fully saturated rings. The summed E-state index contributed by atoms with van der Waals surface area (Å²) in [7, 11) is 0. The van der Waals surface area contributed by atoms with Gasteiger partial charge in [-0.15, -0.1) is 0 Å². The van der Waals surface area contributed by atoms with Gasteiger partial charge in [0.15, 0.2) is 5.82 Å². The first-order valence-electron chi connectivity index (χ1n) is 17.8. The predicted octanol–water partition coefficient (Wildman–Crippen LogP) is 13.3. The minimum absolute atomic E-state index is 0.698. The summed E-state index contributed by atoms with van der Waals surface area (Å²) in [5.41, 5.74) is 17.1. The van der Waals surface area contributed by atoms with Crippen molar-refractivity contribution in [1.82, 2.24) is 9.97 Å². The van der Waals surface area contributed by atoms with Gasteiger partial charge in [-0.1, -0.05) is 182 Å². The average Bonchev–Trinajstić information content (AvgIpc) is 3.56. The molecule has 0 saturated heterocycles. The maximum Gasteiger partial charge on any atom is 0.160 e. The van der Waals surface area contributed by atoms with Gasteiger partial charge in [-0.3, -0.25) is 0 Å². The number of benzene rings is 8. The zero-order valence-electron chi connectivity index (χ0n) is 28.4. The minimum Gasteiger partial charge on any atom is -0.228 e. The summed E-state index contributed by atoms with van der Waals surface area (Å²) in [6.45, 7) is 0. The van der Waals surface area contributed by atoms with Gasteiger partial charge in [-0.05, 0) is 78.5 Å². The zero-order valence-corrected chi connectivity index (χ0v) is 28.4. The van der Waals surface area contributed by atoms with Crippen molar-refractivity contribution in [2.24, 2.45) is 0 Å². The van der Waals surface area contributed by atoms with Gasteiger partial charge in [0.25, 0.3) is 0 Å². The van der Waals surface area contributed by atoms with Crippen molar-refractivity contribution in [1.29, 1.82) is 0 Å². The molecule has 0 radical (unpaired) electrons. The molecule has 2 heteroatoms. The lowest BCUT2D eigenvalue weighted by Gasteiger charge is -2.17. The number of aromatic nitrogens is 2. The molecular formula is C50H32N2. The van der Waals surface area contributed by atoms with E-state index in [1.165, 1.54) is 49.7 Å². The second-order valence-electron chi connectivity index (χ2n) is 13.3. The van der Waals surface area contributed by atoms with Gasteiger partial charge in [-0.25, -0.2) is 9.97 Å². The first kappa shape index (κ1) is 30.0. The molecule has 0 saturated carbocycles. The van der Waals surface area contributed by atoms with Crippen molar-refractivity contribution in [2.45, 2.75) is 0 Å². The molecule has 0 spiro atoms. The smallest absolute Gasteiger partial charge is 0.160 e. The monoisotopic (exact) mass is 660 g/mol. The second-order valence-corrected chi connectivity index (χ2v) is 13.3. The van der Waals surface area contributed by atoms with Crippen LogP contribution in [0.2, 0.25) is 0 Å². The zero-order chi connectivity index (χ0) is 34.4. The molecule has 1 aliphatic carbocycles. The molecule has 0 bridgehead atoms. The van der Waals surface area contributed by atoms with Crippen molar-refractivity contribution in [3.8, 4) is 89.5 Å². The number of hydrogen-bond acceptors (Lipinski definition) is 2. The highest BCUT2D eigenvalue weighted by atomic mass is 14.9. The fourth-order valence-electron chi connectivity index (χ4n) is 7.88. The third kappa shape index (κ3) is 5.04. The summed E-state index contributed by atoms with van der Waals surface area (Å²) in [5.74, 6) is 0.698. The normalized spacial score (nSPS) is 11.5. The highest BCUT2D eigenvalue weighted by Crippen LogP contribution is 2.50. The maximum absolute atomic E-state index is 5.32. The Morgan fingerprint density at radius 2 is 0.692 bits per heavy atom. The molecule has 0 aliphatic heterocycles. The molecule has 0 atom stereocenters. The SMILES string of the molecule is c1ccc(-c2cccc(-c3nc(-c4ccccc4)cc(-c4ccccc4-c4ccccc4-c4ccc5c6c(cccc46)-c4ccccc4-5)n3)c2)cc1. The van der Waals surface area contributed by atoms with Gasteiger partial charge in [0.2, 0.25) is 0 Å². The topological polar surface area (TPSA) is 25.8 Å². The molecule has 9 aromatic rings. The van der Waals surface area contributed by atoms with Gasteiger partial charge in [0.1, 0.15) is 0 Å². The van der Waals surface area contributed by atoms with Gasteiger partial charge in [0.05, 0.1) is 11.4 Å². The molecule has 0 unspecified atom stereocenters. The lowest BCUT2D eigenvalue weighted by atomic mass is 9.87. The van der Waals surface area contributed by atoms with Crippen LogP contribution in [0.4, 0.5) is 0 Å². The van der Waals surface area contributed by atoms with Crippen LogP contribution in [0.5, 0.6) is 0 Å². The summed E-state index contributed by atoms with van der Waals surface area (Å²) in [4.78, 5) is 10.5. The lowest BCUT2D eigenvalue weighted by Crippen LogP contribution is -1.97. The second kappa shape index (κ2) is 12.5. The van der Waals surface area contributed by atoms with E-state index in [0.717, 1.165) is 44.8 Å². The van der Waals surface area contributed by atoms with Crippen LogP contribution >= 0.6 is 0 Å². The molecular weight excluding hydrogens is 629 g/mol. The molecule has 2 nitrogen and oxygen atoms in total. The predicted molar refractivity (Wildman–Crippen MR) is 217 cm³/mol. The largest absolute Gasteiger partial charge is 0.228 e. The number of fused-ring (bicyclic) bond motifs is 3. The van der Waals surface area contributed by atoms with Crippen molar-refractivity contribution < 1.29 is 0 Å². The maximum atomic E-state index is 5.32. The van der Waals surface area contributed by atoms with Gasteiger partial charge in [-0.2, -0.15) is 0 Å². The Balaban J connectivity index is 1.15. The van der Waals surface area contributed by atoms with Crippen molar-refractivity contribution in [3.63, 3.8) is 0 Å². The number of hydrogen-bond donors (Lipinski definition) is 0. The van der Waals surface area contributed by atoms with E-state index in [2.05, 4.69) is 182 Å². The Morgan fingerprint density at radius 3 is 1.38 bits per heavy atom. The van der Waals surface area contributed by atoms with Crippen LogP contribution in [0.15, 0.2) is 194 Å². The van der Waals surface area contributed by atoms with Gasteiger partial charge in [0, 0.05) is 16.7 Å². The van der Waals surface area contributed by atoms with Crippen LogP contribution in [0.25, 0.3) is 100 Å². The molecule has 0 N–H and O–H groups in total. The Hall–Kier alpha value is -6.90. The summed E-state index contributed by atoms with van der Waals surface area (Å²) >= 11 is 0. The van der Waals surface area contributed by atoms with E-state index in [-0.39, 0.29) is 0 Å². The van der Waals surface area contributed by atoms with Crippen LogP contribution < -0.4 is 0 Å². The molecule has 1 heterocycles. The van der Waals surface area contributed by atoms with E-state index in [0.29, 0.717) is 5.82 Å². The van der Waals surface area contributed by atoms with Crippen LogP contribution in [0.1, 0.15) is 0 Å². The van der Waals surface area contributed by atoms with Gasteiger partial charge < -0.3 is 0 Å². The Kier molecular flexibility index (Phi) is 7.18. The lowest BCUT2D eigenvalue weighted by molar-refractivity contribution is 1.18. The summed E-state index contributed by atoms with van der Waals surface area (Å²) in [6.07, 6.45) is 0. The van der Waals surface area contributed by atoms with Crippen molar-refractivity contribution in [2.75, 3.05) is 0 Å². The fraction of sp³-hybridized carbons (Fsp3) is 0. The molecule has 10 rings (SSSR count). The van der Waals surface area contributed by atoms with E-state index < -0.39 is 0 Å². The fourth-order valence-corrected chi connectivity index (χ4v) is 7.88. The van der Waals surface area contributed by atoms with E-state index in [4.69, 9.17) is 9.97 Å². The van der Waals surface area contributed by atoms with E-state index in [1.807, 2.05) is 12.1 Å². The van der Waals surface area contributed by atoms with Crippen LogP contribution in [-0.4, -0.2) is 9.97 Å². The Labute approximate surface area is 303 Å². The first-order chi connectivity index (χ1) is 25.8. The summed E-state index contributed by atoms with van der Waals surface area (Å²) in [5, 5.41) is 2.60. The summed E-state index contributed by atoms with van der Waals surface area (Å²) in [6, 6.07) is 69.1. The first-order valence-corrected chi connectivity index (χ1v) is 17.8. The van der Waals surface area contributed by atoms with E-state index in [1.54, 1.807) is 0 Å². The van der Waals surface area contributed by atoms with Crippen LogP contribution in [-0.2, 0) is 0 Å². The van der Waals surface area contributed by atoms with Crippen LogP contribution in [0, 0.1) is 0 Å². The van der Waals surface area contributed by atoms with Gasteiger partial charge >= 0.3 is 0 Å². The average molecular weight is 661 g/mol. The van der Waals surface area contributed by atoms with E-state index in [9.17, 15) is 0 Å². The third-order valence-corrected chi connectivity index (χ3v) is 10.3.